The SMILES string of the molecule is CC(=O)c1c(O)c(C)c(O)c2c1OC1=CC(=O)/C(=C(/C)NCCc3ccc(O)cc3)C(=O)[C@]12C. The molecule has 0 unspecified atom stereocenters. The van der Waals surface area contributed by atoms with Crippen LogP contribution in [0.25, 0.3) is 0 Å². The molecule has 0 spiro atoms. The highest BCUT2D eigenvalue weighted by atomic mass is 16.5. The number of hydrogen-bond acceptors (Lipinski definition) is 8. The number of Topliss-reactive ketones (excluding diaryl/α,β-unsaturated/α-hetero) is 2. The third-order valence-electron chi connectivity index (χ3n) is 6.50. The zero-order chi connectivity index (χ0) is 24.9. The lowest BCUT2D eigenvalue weighted by Crippen LogP contribution is -2.41. The number of carbonyl (C=O) groups is 3. The van der Waals surface area contributed by atoms with Crippen molar-refractivity contribution in [1.82, 2.24) is 5.32 Å². The van der Waals surface area contributed by atoms with Gasteiger partial charge in [0.25, 0.3) is 0 Å². The van der Waals surface area contributed by atoms with Crippen molar-refractivity contribution >= 4 is 17.3 Å². The minimum Gasteiger partial charge on any atom is -0.508 e. The maximum atomic E-state index is 13.7. The zero-order valence-corrected chi connectivity index (χ0v) is 19.3. The van der Waals surface area contributed by atoms with E-state index in [0.29, 0.717) is 18.7 Å². The number of ketones is 3. The molecule has 1 heterocycles. The van der Waals surface area contributed by atoms with E-state index in [-0.39, 0.29) is 45.3 Å². The molecule has 34 heavy (non-hydrogen) atoms. The van der Waals surface area contributed by atoms with Crippen LogP contribution in [0.1, 0.15) is 47.8 Å². The molecule has 0 bridgehead atoms. The molecule has 0 aromatic heterocycles. The van der Waals surface area contributed by atoms with Crippen molar-refractivity contribution in [3.63, 3.8) is 0 Å². The van der Waals surface area contributed by atoms with E-state index >= 15 is 0 Å². The van der Waals surface area contributed by atoms with Crippen molar-refractivity contribution in [2.45, 2.75) is 39.5 Å². The Hall–Kier alpha value is -4.07. The minimum atomic E-state index is -1.54. The lowest BCUT2D eigenvalue weighted by molar-refractivity contribution is -0.123. The Bertz CT molecular complexity index is 1320. The van der Waals surface area contributed by atoms with E-state index in [1.54, 1.807) is 31.2 Å². The molecule has 1 aliphatic heterocycles. The van der Waals surface area contributed by atoms with Crippen LogP contribution >= 0.6 is 0 Å². The van der Waals surface area contributed by atoms with Gasteiger partial charge in [-0.3, -0.25) is 14.4 Å². The molecule has 2 aromatic carbocycles. The lowest BCUT2D eigenvalue weighted by atomic mass is 9.70. The molecule has 176 valence electrons. The quantitative estimate of drug-likeness (QED) is 0.302. The molecule has 0 saturated heterocycles. The normalized spacial score (nSPS) is 20.3. The van der Waals surface area contributed by atoms with E-state index in [4.69, 9.17) is 4.74 Å². The first-order valence-electron chi connectivity index (χ1n) is 10.8. The van der Waals surface area contributed by atoms with Crippen molar-refractivity contribution in [2.75, 3.05) is 6.54 Å². The molecule has 0 saturated carbocycles. The van der Waals surface area contributed by atoms with Crippen molar-refractivity contribution in [1.29, 1.82) is 0 Å². The second-order valence-electron chi connectivity index (χ2n) is 8.73. The summed E-state index contributed by atoms with van der Waals surface area (Å²) in [6.07, 6.45) is 1.79. The van der Waals surface area contributed by atoms with E-state index in [1.165, 1.54) is 26.8 Å². The first-order chi connectivity index (χ1) is 16.0. The summed E-state index contributed by atoms with van der Waals surface area (Å²) in [5, 5.41) is 33.8. The Labute approximate surface area is 196 Å². The fourth-order valence-electron chi connectivity index (χ4n) is 4.51. The number of phenols is 3. The monoisotopic (exact) mass is 463 g/mol. The number of nitrogens with one attached hydrogen (secondary N) is 1. The highest BCUT2D eigenvalue weighted by Gasteiger charge is 2.56. The maximum absolute atomic E-state index is 13.7. The summed E-state index contributed by atoms with van der Waals surface area (Å²) in [5.41, 5.74) is -0.292. The van der Waals surface area contributed by atoms with E-state index < -0.39 is 28.5 Å². The molecule has 0 amide bonds. The molecule has 0 fully saturated rings. The van der Waals surface area contributed by atoms with Crippen molar-refractivity contribution < 1.29 is 34.4 Å². The lowest BCUT2D eigenvalue weighted by Gasteiger charge is -2.29. The van der Waals surface area contributed by atoms with Gasteiger partial charge in [0.2, 0.25) is 0 Å². The molecule has 1 aliphatic carbocycles. The van der Waals surface area contributed by atoms with Crippen LogP contribution in [0, 0.1) is 6.92 Å². The van der Waals surface area contributed by atoms with Gasteiger partial charge < -0.3 is 25.4 Å². The Morgan fingerprint density at radius 1 is 1.06 bits per heavy atom. The summed E-state index contributed by atoms with van der Waals surface area (Å²) in [5.74, 6) is -2.34. The van der Waals surface area contributed by atoms with Gasteiger partial charge in [-0.05, 0) is 51.8 Å². The highest BCUT2D eigenvalue weighted by molar-refractivity contribution is 6.31. The van der Waals surface area contributed by atoms with E-state index in [0.717, 1.165) is 5.56 Å². The number of phenolic OH excluding ortho intramolecular Hbond substituents is 3. The van der Waals surface area contributed by atoms with Crippen LogP contribution in [-0.4, -0.2) is 39.2 Å². The predicted octanol–water partition coefficient (Wildman–Crippen LogP) is 3.11. The average molecular weight is 463 g/mol. The summed E-state index contributed by atoms with van der Waals surface area (Å²) < 4.78 is 5.76. The van der Waals surface area contributed by atoms with Crippen LogP contribution in [0.2, 0.25) is 0 Å². The summed E-state index contributed by atoms with van der Waals surface area (Å²) in [6.45, 7) is 6.28. The van der Waals surface area contributed by atoms with Gasteiger partial charge in [-0.2, -0.15) is 0 Å². The van der Waals surface area contributed by atoms with Gasteiger partial charge in [0.1, 0.15) is 39.7 Å². The summed E-state index contributed by atoms with van der Waals surface area (Å²) in [7, 11) is 0. The van der Waals surface area contributed by atoms with Crippen LogP contribution in [0.5, 0.6) is 23.0 Å². The zero-order valence-electron chi connectivity index (χ0n) is 19.3. The van der Waals surface area contributed by atoms with Gasteiger partial charge in [0, 0.05) is 23.9 Å². The van der Waals surface area contributed by atoms with E-state index in [2.05, 4.69) is 5.32 Å². The topological polar surface area (TPSA) is 133 Å². The molecule has 2 aromatic rings. The molecular weight excluding hydrogens is 438 g/mol. The van der Waals surface area contributed by atoms with Crippen LogP contribution in [0.15, 0.2) is 47.4 Å². The van der Waals surface area contributed by atoms with Gasteiger partial charge in [0.05, 0.1) is 11.1 Å². The Kier molecular flexibility index (Phi) is 5.47. The molecule has 4 rings (SSSR count). The van der Waals surface area contributed by atoms with Crippen LogP contribution in [0.3, 0.4) is 0 Å². The maximum Gasteiger partial charge on any atom is 0.194 e. The largest absolute Gasteiger partial charge is 0.508 e. The number of aromatic hydroxyl groups is 3. The number of fused-ring (bicyclic) bond motifs is 3. The number of ether oxygens (including phenoxy) is 1. The highest BCUT2D eigenvalue weighted by Crippen LogP contribution is 2.57. The first kappa shape index (κ1) is 23.1. The van der Waals surface area contributed by atoms with Gasteiger partial charge in [-0.15, -0.1) is 0 Å². The number of benzene rings is 2. The van der Waals surface area contributed by atoms with E-state index in [9.17, 15) is 29.7 Å². The first-order valence-corrected chi connectivity index (χ1v) is 10.8. The fourth-order valence-corrected chi connectivity index (χ4v) is 4.51. The van der Waals surface area contributed by atoms with Crippen LogP contribution < -0.4 is 10.1 Å². The molecule has 1 atom stereocenters. The van der Waals surface area contributed by atoms with Crippen molar-refractivity contribution in [2.24, 2.45) is 0 Å². The van der Waals surface area contributed by atoms with Gasteiger partial charge >= 0.3 is 0 Å². The summed E-state index contributed by atoms with van der Waals surface area (Å²) in [6, 6.07) is 6.74. The van der Waals surface area contributed by atoms with E-state index in [1.807, 2.05) is 0 Å². The van der Waals surface area contributed by atoms with Crippen LogP contribution in [-0.2, 0) is 21.4 Å². The van der Waals surface area contributed by atoms with Gasteiger partial charge in [0.15, 0.2) is 17.3 Å². The number of allylic oxidation sites excluding steroid dienone is 4. The van der Waals surface area contributed by atoms with Gasteiger partial charge in [-0.25, -0.2) is 0 Å². The molecular formula is C26H25NO7. The van der Waals surface area contributed by atoms with Gasteiger partial charge in [-0.1, -0.05) is 12.1 Å². The van der Waals surface area contributed by atoms with Crippen molar-refractivity contribution in [3.8, 4) is 23.0 Å². The summed E-state index contributed by atoms with van der Waals surface area (Å²) >= 11 is 0. The third-order valence-corrected chi connectivity index (χ3v) is 6.50. The number of carbonyl (C=O) groups excluding carboxylic acids is 3. The van der Waals surface area contributed by atoms with Crippen LogP contribution in [0.4, 0.5) is 0 Å². The Balaban J connectivity index is 1.73. The van der Waals surface area contributed by atoms with Crippen molar-refractivity contribution in [3.05, 3.63) is 69.6 Å². The fraction of sp³-hybridized carbons (Fsp3) is 0.269. The molecule has 8 nitrogen and oxygen atoms in total. The molecule has 8 heteroatoms. The molecule has 0 radical (unpaired) electrons. The predicted molar refractivity (Wildman–Crippen MR) is 123 cm³/mol. The molecule has 4 N–H and O–H groups in total. The smallest absolute Gasteiger partial charge is 0.194 e. The number of rotatable bonds is 5. The second-order valence-corrected chi connectivity index (χ2v) is 8.73. The Morgan fingerprint density at radius 3 is 2.32 bits per heavy atom. The summed E-state index contributed by atoms with van der Waals surface area (Å²) in [4.78, 5) is 38.9. The standard InChI is InChI=1S/C26H25NO7/c1-12-22(31)20(14(3)28)24-21(23(12)32)26(4)18(34-24)11-17(30)19(25(26)33)13(2)27-10-9-15-5-7-16(29)8-6-15/h5-8,11,27,29,31-32H,9-10H2,1-4H3/b19-13+/t26-/m1/s1. The second kappa shape index (κ2) is 8.06. The minimum absolute atomic E-state index is 0.000873. The third kappa shape index (κ3) is 3.34. The Morgan fingerprint density at radius 2 is 1.71 bits per heavy atom. The molecule has 2 aliphatic rings. The number of hydrogen-bond donors (Lipinski definition) is 4. The average Bonchev–Trinajstić information content (AvgIpc) is 3.06.